The molecule has 0 unspecified atom stereocenters. The van der Waals surface area contributed by atoms with Crippen molar-refractivity contribution in [3.63, 3.8) is 0 Å². The maximum absolute atomic E-state index is 13.0. The minimum absolute atomic E-state index is 0.0177. The number of hydrogen-bond donors (Lipinski definition) is 1. The molecule has 0 saturated carbocycles. The van der Waals surface area contributed by atoms with Crippen molar-refractivity contribution >= 4 is 16.0 Å². The molecule has 0 aromatic heterocycles. The average molecular weight is 347 g/mol. The second kappa shape index (κ2) is 6.26. The van der Waals surface area contributed by atoms with Gasteiger partial charge in [-0.15, -0.1) is 0 Å². The first-order chi connectivity index (χ1) is 11.4. The number of sulfonamides is 1. The highest BCUT2D eigenvalue weighted by Crippen LogP contribution is 2.33. The van der Waals surface area contributed by atoms with Gasteiger partial charge in [0.15, 0.2) is 0 Å². The molecule has 0 fully saturated rings. The molecule has 2 aromatic carbocycles. The van der Waals surface area contributed by atoms with Crippen LogP contribution in [0.2, 0.25) is 0 Å². The fraction of sp³-hybridized carbons (Fsp3) is 0.235. The van der Waals surface area contributed by atoms with Gasteiger partial charge < -0.3 is 9.84 Å². The molecule has 0 aliphatic carbocycles. The van der Waals surface area contributed by atoms with E-state index in [1.807, 2.05) is 0 Å². The Labute approximate surface area is 140 Å². The van der Waals surface area contributed by atoms with Crippen LogP contribution in [0, 0.1) is 0 Å². The standard InChI is InChI=1S/C17H17NO5S/c1-23-17(20)15-10-12-6-5-9-16(19)14(12)11-18(15)24(21,22)13-7-3-2-4-8-13/h2-9,15,19H,10-11H2,1H3/t15-/m1/s1. The molecule has 126 valence electrons. The van der Waals surface area contributed by atoms with Crippen LogP contribution >= 0.6 is 0 Å². The topological polar surface area (TPSA) is 83.9 Å². The number of aromatic hydroxyl groups is 1. The fourth-order valence-electron chi connectivity index (χ4n) is 2.89. The SMILES string of the molecule is COC(=O)[C@H]1Cc2cccc(O)c2CN1S(=O)(=O)c1ccccc1. The molecule has 1 aliphatic heterocycles. The minimum atomic E-state index is -3.90. The third-order valence-electron chi connectivity index (χ3n) is 4.15. The van der Waals surface area contributed by atoms with Crippen LogP contribution in [-0.2, 0) is 32.5 Å². The van der Waals surface area contributed by atoms with E-state index < -0.39 is 22.0 Å². The van der Waals surface area contributed by atoms with Crippen LogP contribution in [0.15, 0.2) is 53.4 Å². The zero-order chi connectivity index (χ0) is 17.3. The summed E-state index contributed by atoms with van der Waals surface area (Å²) in [6.45, 7) is -0.0843. The van der Waals surface area contributed by atoms with Crippen LogP contribution in [0.1, 0.15) is 11.1 Å². The van der Waals surface area contributed by atoms with Crippen molar-refractivity contribution in [3.05, 3.63) is 59.7 Å². The summed E-state index contributed by atoms with van der Waals surface area (Å²) in [4.78, 5) is 12.3. The van der Waals surface area contributed by atoms with Gasteiger partial charge in [-0.1, -0.05) is 30.3 Å². The average Bonchev–Trinajstić information content (AvgIpc) is 2.61. The third kappa shape index (κ3) is 2.76. The van der Waals surface area contributed by atoms with E-state index in [1.165, 1.54) is 25.3 Å². The van der Waals surface area contributed by atoms with Crippen molar-refractivity contribution in [2.24, 2.45) is 0 Å². The predicted molar refractivity (Wildman–Crippen MR) is 86.8 cm³/mol. The molecular formula is C17H17NO5S. The second-order valence-electron chi connectivity index (χ2n) is 5.52. The third-order valence-corrected chi connectivity index (χ3v) is 6.02. The first kappa shape index (κ1) is 16.5. The molecule has 0 spiro atoms. The van der Waals surface area contributed by atoms with E-state index in [0.717, 1.165) is 9.87 Å². The van der Waals surface area contributed by atoms with Crippen molar-refractivity contribution in [1.82, 2.24) is 4.31 Å². The summed E-state index contributed by atoms with van der Waals surface area (Å²) >= 11 is 0. The molecule has 0 amide bonds. The number of ether oxygens (including phenoxy) is 1. The van der Waals surface area contributed by atoms with Crippen molar-refractivity contribution in [2.45, 2.75) is 23.9 Å². The molecule has 7 heteroatoms. The van der Waals surface area contributed by atoms with Gasteiger partial charge in [0.1, 0.15) is 11.8 Å². The Balaban J connectivity index is 2.10. The Morgan fingerprint density at radius 2 is 1.88 bits per heavy atom. The number of benzene rings is 2. The summed E-state index contributed by atoms with van der Waals surface area (Å²) in [5.41, 5.74) is 1.25. The van der Waals surface area contributed by atoms with E-state index in [0.29, 0.717) is 5.56 Å². The van der Waals surface area contributed by atoms with Gasteiger partial charge in [-0.25, -0.2) is 8.42 Å². The van der Waals surface area contributed by atoms with Crippen LogP contribution in [0.4, 0.5) is 0 Å². The van der Waals surface area contributed by atoms with E-state index in [1.54, 1.807) is 30.3 Å². The summed E-state index contributed by atoms with van der Waals surface area (Å²) < 4.78 is 31.8. The normalized spacial score (nSPS) is 18.0. The highest BCUT2D eigenvalue weighted by Gasteiger charge is 2.40. The molecule has 1 atom stereocenters. The van der Waals surface area contributed by atoms with Gasteiger partial charge in [-0.05, 0) is 23.8 Å². The number of phenols is 1. The van der Waals surface area contributed by atoms with Gasteiger partial charge in [0.25, 0.3) is 0 Å². The Kier molecular flexibility index (Phi) is 4.29. The summed E-state index contributed by atoms with van der Waals surface area (Å²) in [6.07, 6.45) is 0.155. The number of methoxy groups -OCH3 is 1. The van der Waals surface area contributed by atoms with E-state index in [9.17, 15) is 18.3 Å². The number of esters is 1. The zero-order valence-corrected chi connectivity index (χ0v) is 13.9. The molecule has 1 heterocycles. The Bertz CT molecular complexity index is 864. The van der Waals surface area contributed by atoms with E-state index >= 15 is 0 Å². The second-order valence-corrected chi connectivity index (χ2v) is 7.41. The van der Waals surface area contributed by atoms with Crippen molar-refractivity contribution in [3.8, 4) is 5.75 Å². The Morgan fingerprint density at radius 3 is 2.54 bits per heavy atom. The molecule has 1 N–H and O–H groups in total. The number of fused-ring (bicyclic) bond motifs is 1. The van der Waals surface area contributed by atoms with E-state index in [-0.39, 0.29) is 23.6 Å². The zero-order valence-electron chi connectivity index (χ0n) is 13.0. The molecule has 0 radical (unpaired) electrons. The van der Waals surface area contributed by atoms with Gasteiger partial charge >= 0.3 is 5.97 Å². The van der Waals surface area contributed by atoms with E-state index in [4.69, 9.17) is 4.74 Å². The first-order valence-electron chi connectivity index (χ1n) is 7.39. The van der Waals surface area contributed by atoms with Gasteiger partial charge in [0, 0.05) is 18.5 Å². The summed E-state index contributed by atoms with van der Waals surface area (Å²) in [5, 5.41) is 10.1. The fourth-order valence-corrected chi connectivity index (χ4v) is 4.45. The first-order valence-corrected chi connectivity index (χ1v) is 8.83. The Hall–Kier alpha value is -2.38. The predicted octanol–water partition coefficient (Wildman–Crippen LogP) is 1.68. The van der Waals surface area contributed by atoms with Crippen LogP contribution in [-0.4, -0.2) is 37.0 Å². The van der Waals surface area contributed by atoms with Crippen LogP contribution < -0.4 is 0 Å². The maximum atomic E-state index is 13.0. The lowest BCUT2D eigenvalue weighted by Crippen LogP contribution is -2.49. The van der Waals surface area contributed by atoms with Crippen molar-refractivity contribution in [1.29, 1.82) is 0 Å². The molecule has 3 rings (SSSR count). The summed E-state index contributed by atoms with van der Waals surface area (Å²) in [6, 6.07) is 11.9. The molecular weight excluding hydrogens is 330 g/mol. The van der Waals surface area contributed by atoms with E-state index in [2.05, 4.69) is 0 Å². The summed E-state index contributed by atoms with van der Waals surface area (Å²) in [7, 11) is -2.67. The summed E-state index contributed by atoms with van der Waals surface area (Å²) in [5.74, 6) is -0.604. The smallest absolute Gasteiger partial charge is 0.324 e. The molecule has 1 aliphatic rings. The number of hydrogen-bond acceptors (Lipinski definition) is 5. The maximum Gasteiger partial charge on any atom is 0.324 e. The van der Waals surface area contributed by atoms with Gasteiger partial charge in [-0.3, -0.25) is 4.79 Å². The highest BCUT2D eigenvalue weighted by molar-refractivity contribution is 7.89. The molecule has 6 nitrogen and oxygen atoms in total. The molecule has 0 bridgehead atoms. The lowest BCUT2D eigenvalue weighted by atomic mass is 9.95. The number of phenolic OH excluding ortho intramolecular Hbond substituents is 1. The van der Waals surface area contributed by atoms with Crippen LogP contribution in [0.25, 0.3) is 0 Å². The molecule has 0 saturated heterocycles. The van der Waals surface area contributed by atoms with Crippen molar-refractivity contribution < 1.29 is 23.1 Å². The Morgan fingerprint density at radius 1 is 1.17 bits per heavy atom. The number of nitrogens with zero attached hydrogens (tertiary/aromatic N) is 1. The lowest BCUT2D eigenvalue weighted by Gasteiger charge is -2.34. The molecule has 24 heavy (non-hydrogen) atoms. The number of rotatable bonds is 3. The quantitative estimate of drug-likeness (QED) is 0.854. The van der Waals surface area contributed by atoms with Gasteiger partial charge in [0.2, 0.25) is 10.0 Å². The van der Waals surface area contributed by atoms with Gasteiger partial charge in [0.05, 0.1) is 12.0 Å². The number of carbonyl (C=O) groups is 1. The largest absolute Gasteiger partial charge is 0.508 e. The number of carbonyl (C=O) groups excluding carboxylic acids is 1. The lowest BCUT2D eigenvalue weighted by molar-refractivity contribution is -0.145. The van der Waals surface area contributed by atoms with Crippen molar-refractivity contribution in [2.75, 3.05) is 7.11 Å². The monoisotopic (exact) mass is 347 g/mol. The van der Waals surface area contributed by atoms with Crippen LogP contribution in [0.5, 0.6) is 5.75 Å². The minimum Gasteiger partial charge on any atom is -0.508 e. The highest BCUT2D eigenvalue weighted by atomic mass is 32.2. The van der Waals surface area contributed by atoms with Gasteiger partial charge in [-0.2, -0.15) is 4.31 Å². The molecule has 2 aromatic rings. The van der Waals surface area contributed by atoms with Crippen LogP contribution in [0.3, 0.4) is 0 Å².